The Kier molecular flexibility index (Phi) is 7.33. The summed E-state index contributed by atoms with van der Waals surface area (Å²) in [4.78, 5) is 13.6. The number of nitrogens with zero attached hydrogens (tertiary/aromatic N) is 7. The third-order valence-electron chi connectivity index (χ3n) is 5.36. The number of aliphatic imine (C=N–C) groups is 1. The lowest BCUT2D eigenvalue weighted by Gasteiger charge is -2.23. The highest BCUT2D eigenvalue weighted by molar-refractivity contribution is 6.38. The van der Waals surface area contributed by atoms with Gasteiger partial charge in [-0.25, -0.2) is 9.97 Å². The molecule has 0 saturated heterocycles. The van der Waals surface area contributed by atoms with Crippen molar-refractivity contribution in [3.05, 3.63) is 60.2 Å². The Morgan fingerprint density at radius 3 is 2.76 bits per heavy atom. The van der Waals surface area contributed by atoms with Crippen LogP contribution in [0, 0.1) is 5.53 Å². The average Bonchev–Trinajstić information content (AvgIpc) is 3.29. The first-order valence-corrected chi connectivity index (χ1v) is 10.9. The van der Waals surface area contributed by atoms with Crippen LogP contribution in [0.1, 0.15) is 17.2 Å². The van der Waals surface area contributed by atoms with E-state index >= 15 is 0 Å². The zero-order valence-electron chi connectivity index (χ0n) is 19.5. The summed E-state index contributed by atoms with van der Waals surface area (Å²) in [5.41, 5.74) is 10.5. The van der Waals surface area contributed by atoms with Crippen molar-refractivity contribution in [3.63, 3.8) is 0 Å². The standard InChI is InChI=1S/C23H28N9O2/c1-31-15-20(18-11-28-32(2)14-18)29-22(23(31)30-24)25-10-16-5-4-6-17(9-16)21-26-12-19(13-27-21)34-8-7-33-3/h4-6,9,11-14,20,24H,7-8,10,15H2,1-3H3,(H,25,29)/q+1. The first kappa shape index (κ1) is 23.2. The molecule has 0 aliphatic carbocycles. The maximum absolute atomic E-state index is 7.61. The summed E-state index contributed by atoms with van der Waals surface area (Å²) in [6, 6.07) is 7.92. The van der Waals surface area contributed by atoms with Gasteiger partial charge in [0.1, 0.15) is 13.2 Å². The lowest BCUT2D eigenvalue weighted by Crippen LogP contribution is -2.46. The fourth-order valence-electron chi connectivity index (χ4n) is 3.64. The highest BCUT2D eigenvalue weighted by Gasteiger charge is 2.31. The number of hydrogen-bond acceptors (Lipinski definition) is 8. The van der Waals surface area contributed by atoms with Gasteiger partial charge in [-0.15, -0.1) is 0 Å². The Balaban J connectivity index is 1.50. The van der Waals surface area contributed by atoms with Gasteiger partial charge in [0.15, 0.2) is 11.6 Å². The van der Waals surface area contributed by atoms with Crippen molar-refractivity contribution in [1.29, 1.82) is 5.53 Å². The Morgan fingerprint density at radius 2 is 2.06 bits per heavy atom. The molecule has 11 heteroatoms. The van der Waals surface area contributed by atoms with Gasteiger partial charge >= 0.3 is 5.84 Å². The summed E-state index contributed by atoms with van der Waals surface area (Å²) >= 11 is 0. The van der Waals surface area contributed by atoms with Gasteiger partial charge in [0.05, 0.1) is 49.9 Å². The minimum Gasteiger partial charge on any atom is -0.488 e. The topological polar surface area (TPSA) is 126 Å². The number of methoxy groups -OCH3 is 1. The lowest BCUT2D eigenvalue weighted by molar-refractivity contribution is -0.503. The highest BCUT2D eigenvalue weighted by atomic mass is 16.5. The molecule has 4 rings (SSSR count). The van der Waals surface area contributed by atoms with Crippen LogP contribution < -0.4 is 10.1 Å². The molecule has 1 aliphatic heterocycles. The van der Waals surface area contributed by atoms with Gasteiger partial charge in [0, 0.05) is 31.5 Å². The van der Waals surface area contributed by atoms with E-state index in [1.807, 2.05) is 55.3 Å². The molecule has 1 aromatic carbocycles. The number of nitrogens with one attached hydrogen (secondary N) is 2. The SMILES string of the molecule is COCCOc1cnc(-c2cccc(CN=C3NC(c4cnn(C)c4)C[N+](C)=C3N=N)c2)nc1. The fraction of sp³-hybridized carbons (Fsp3) is 0.348. The van der Waals surface area contributed by atoms with E-state index in [9.17, 15) is 0 Å². The molecular weight excluding hydrogens is 434 g/mol. The van der Waals surface area contributed by atoms with Gasteiger partial charge in [-0.3, -0.25) is 14.2 Å². The van der Waals surface area contributed by atoms with Crippen LogP contribution in [-0.2, 0) is 18.3 Å². The summed E-state index contributed by atoms with van der Waals surface area (Å²) in [5.74, 6) is 2.29. The molecule has 11 nitrogen and oxygen atoms in total. The smallest absolute Gasteiger partial charge is 0.387 e. The van der Waals surface area contributed by atoms with Gasteiger partial charge in [-0.2, -0.15) is 5.10 Å². The third-order valence-corrected chi connectivity index (χ3v) is 5.36. The van der Waals surface area contributed by atoms with Crippen molar-refractivity contribution in [3.8, 4) is 17.1 Å². The van der Waals surface area contributed by atoms with Crippen LogP contribution in [0.25, 0.3) is 11.4 Å². The van der Waals surface area contributed by atoms with Gasteiger partial charge < -0.3 is 14.8 Å². The number of benzene rings is 1. The zero-order valence-corrected chi connectivity index (χ0v) is 19.5. The van der Waals surface area contributed by atoms with E-state index in [0.717, 1.165) is 16.7 Å². The van der Waals surface area contributed by atoms with E-state index in [1.54, 1.807) is 24.2 Å². The minimum atomic E-state index is 0.00677. The minimum absolute atomic E-state index is 0.00677. The third kappa shape index (κ3) is 5.49. The van der Waals surface area contributed by atoms with Crippen LogP contribution >= 0.6 is 0 Å². The molecule has 3 aromatic rings. The number of ether oxygens (including phenoxy) is 2. The predicted octanol–water partition coefficient (Wildman–Crippen LogP) is 2.22. The molecule has 2 aromatic heterocycles. The lowest BCUT2D eigenvalue weighted by atomic mass is 10.1. The molecule has 0 amide bonds. The number of amidine groups is 2. The van der Waals surface area contributed by atoms with Crippen LogP contribution in [0.15, 0.2) is 59.2 Å². The number of rotatable bonds is 8. The fourth-order valence-corrected chi connectivity index (χ4v) is 3.64. The average molecular weight is 463 g/mol. The Morgan fingerprint density at radius 1 is 1.24 bits per heavy atom. The van der Waals surface area contributed by atoms with Crippen LogP contribution in [0.4, 0.5) is 0 Å². The Labute approximate surface area is 197 Å². The maximum atomic E-state index is 7.61. The molecule has 34 heavy (non-hydrogen) atoms. The number of hydrogen-bond donors (Lipinski definition) is 2. The van der Waals surface area contributed by atoms with Crippen molar-refractivity contribution in [2.24, 2.45) is 17.2 Å². The summed E-state index contributed by atoms with van der Waals surface area (Å²) in [6.07, 6.45) is 7.12. The van der Waals surface area contributed by atoms with Gasteiger partial charge in [0.2, 0.25) is 5.84 Å². The monoisotopic (exact) mass is 462 g/mol. The molecule has 0 bridgehead atoms. The number of aryl methyl sites for hydroxylation is 1. The van der Waals surface area contributed by atoms with Crippen LogP contribution in [0.2, 0.25) is 0 Å². The van der Waals surface area contributed by atoms with E-state index < -0.39 is 0 Å². The second-order valence-corrected chi connectivity index (χ2v) is 7.91. The predicted molar refractivity (Wildman–Crippen MR) is 126 cm³/mol. The molecule has 0 saturated carbocycles. The van der Waals surface area contributed by atoms with Crippen molar-refractivity contribution in [2.75, 3.05) is 33.9 Å². The number of likely N-dealkylation sites (N-methyl/N-ethyl adjacent to an activating group) is 1. The van der Waals surface area contributed by atoms with E-state index in [0.29, 0.717) is 49.5 Å². The molecule has 0 spiro atoms. The van der Waals surface area contributed by atoms with E-state index in [2.05, 4.69) is 25.5 Å². The van der Waals surface area contributed by atoms with Crippen molar-refractivity contribution in [2.45, 2.75) is 12.6 Å². The van der Waals surface area contributed by atoms with E-state index in [4.69, 9.17) is 20.0 Å². The second-order valence-electron chi connectivity index (χ2n) is 7.91. The number of aromatic nitrogens is 4. The summed E-state index contributed by atoms with van der Waals surface area (Å²) in [5, 5.41) is 11.4. The highest BCUT2D eigenvalue weighted by Crippen LogP contribution is 2.19. The molecule has 1 aliphatic rings. The van der Waals surface area contributed by atoms with E-state index in [1.165, 1.54) is 0 Å². The van der Waals surface area contributed by atoms with Crippen LogP contribution in [0.3, 0.4) is 0 Å². The first-order valence-electron chi connectivity index (χ1n) is 10.9. The largest absolute Gasteiger partial charge is 0.488 e. The molecule has 3 heterocycles. The summed E-state index contributed by atoms with van der Waals surface area (Å²) < 4.78 is 14.2. The van der Waals surface area contributed by atoms with Crippen molar-refractivity contribution < 1.29 is 14.0 Å². The maximum Gasteiger partial charge on any atom is 0.387 e. The summed E-state index contributed by atoms with van der Waals surface area (Å²) in [6.45, 7) is 2.04. The van der Waals surface area contributed by atoms with Gasteiger partial charge in [0.25, 0.3) is 0 Å². The molecule has 0 fully saturated rings. The molecule has 0 radical (unpaired) electrons. The Bertz CT molecular complexity index is 1200. The molecule has 176 valence electrons. The van der Waals surface area contributed by atoms with Gasteiger partial charge in [-0.05, 0) is 11.6 Å². The normalized spacial score (nSPS) is 17.0. The van der Waals surface area contributed by atoms with E-state index in [-0.39, 0.29) is 6.04 Å². The molecule has 2 N–H and O–H groups in total. The summed E-state index contributed by atoms with van der Waals surface area (Å²) in [7, 11) is 5.43. The second kappa shape index (κ2) is 10.8. The quantitative estimate of drug-likeness (QED) is 0.300. The van der Waals surface area contributed by atoms with Crippen LogP contribution in [-0.4, -0.2) is 69.9 Å². The first-order chi connectivity index (χ1) is 16.6. The Hall–Kier alpha value is -3.99. The van der Waals surface area contributed by atoms with Crippen molar-refractivity contribution >= 4 is 11.7 Å². The van der Waals surface area contributed by atoms with Crippen LogP contribution in [0.5, 0.6) is 5.75 Å². The molecule has 1 unspecified atom stereocenters. The van der Waals surface area contributed by atoms with Gasteiger partial charge in [-0.1, -0.05) is 23.7 Å². The molecular formula is C23H28N9O2+. The zero-order chi connectivity index (χ0) is 23.9. The molecule has 1 atom stereocenters. The van der Waals surface area contributed by atoms with Crippen molar-refractivity contribution in [1.82, 2.24) is 25.1 Å².